The molecule has 1 unspecified atom stereocenters. The number of rotatable bonds is 6. The molecular weight excluding hydrogens is 262 g/mol. The van der Waals surface area contributed by atoms with E-state index >= 15 is 0 Å². The van der Waals surface area contributed by atoms with Gasteiger partial charge in [-0.2, -0.15) is 0 Å². The Labute approximate surface area is 114 Å². The maximum Gasteiger partial charge on any atom is 0.208 e. The summed E-state index contributed by atoms with van der Waals surface area (Å²) in [6.45, 7) is 0.400. The SMILES string of the molecule is CS(=O)(=O)NCCCCC(O)C#Cc1ccccc1. The van der Waals surface area contributed by atoms with E-state index in [0.29, 0.717) is 19.4 Å². The van der Waals surface area contributed by atoms with Crippen LogP contribution in [0.15, 0.2) is 30.3 Å². The Morgan fingerprint density at radius 1 is 1.26 bits per heavy atom. The lowest BCUT2D eigenvalue weighted by atomic mass is 10.1. The van der Waals surface area contributed by atoms with E-state index in [1.807, 2.05) is 30.3 Å². The van der Waals surface area contributed by atoms with Crippen LogP contribution in [-0.2, 0) is 10.0 Å². The highest BCUT2D eigenvalue weighted by Crippen LogP contribution is 2.01. The fraction of sp³-hybridized carbons (Fsp3) is 0.429. The van der Waals surface area contributed by atoms with Crippen molar-refractivity contribution in [3.63, 3.8) is 0 Å². The van der Waals surface area contributed by atoms with Crippen molar-refractivity contribution in [2.75, 3.05) is 12.8 Å². The summed E-state index contributed by atoms with van der Waals surface area (Å²) in [7, 11) is -3.11. The first-order valence-electron chi connectivity index (χ1n) is 6.17. The van der Waals surface area contributed by atoms with Crippen LogP contribution in [0.3, 0.4) is 0 Å². The molecule has 0 bridgehead atoms. The van der Waals surface area contributed by atoms with E-state index in [1.165, 1.54) is 0 Å². The maximum absolute atomic E-state index is 10.8. The van der Waals surface area contributed by atoms with Gasteiger partial charge < -0.3 is 5.11 Å². The smallest absolute Gasteiger partial charge is 0.208 e. The molecule has 0 spiro atoms. The number of sulfonamides is 1. The minimum Gasteiger partial charge on any atom is -0.380 e. The predicted octanol–water partition coefficient (Wildman–Crippen LogP) is 1.12. The molecule has 0 aliphatic rings. The van der Waals surface area contributed by atoms with Crippen LogP contribution in [0.25, 0.3) is 0 Å². The zero-order valence-corrected chi connectivity index (χ0v) is 11.8. The van der Waals surface area contributed by atoms with Gasteiger partial charge in [0.25, 0.3) is 0 Å². The fourth-order valence-corrected chi connectivity index (χ4v) is 2.00. The molecule has 1 rings (SSSR count). The molecule has 1 aromatic carbocycles. The topological polar surface area (TPSA) is 66.4 Å². The number of unbranched alkanes of at least 4 members (excludes halogenated alkanes) is 1. The molecule has 19 heavy (non-hydrogen) atoms. The molecule has 2 N–H and O–H groups in total. The standard InChI is InChI=1S/C14H19NO3S/c1-19(17,18)15-12-6-5-9-14(16)11-10-13-7-3-2-4-8-13/h2-4,7-8,14-16H,5-6,9,12H2,1H3. The first-order valence-corrected chi connectivity index (χ1v) is 8.06. The maximum atomic E-state index is 10.8. The zero-order valence-electron chi connectivity index (χ0n) is 11.0. The largest absolute Gasteiger partial charge is 0.380 e. The Morgan fingerprint density at radius 3 is 2.58 bits per heavy atom. The summed E-state index contributed by atoms with van der Waals surface area (Å²) in [5.74, 6) is 5.67. The van der Waals surface area contributed by atoms with E-state index in [2.05, 4.69) is 16.6 Å². The number of nitrogens with one attached hydrogen (secondary N) is 1. The summed E-state index contributed by atoms with van der Waals surface area (Å²) in [6, 6.07) is 9.47. The second-order valence-electron chi connectivity index (χ2n) is 4.31. The Balaban J connectivity index is 2.22. The highest BCUT2D eigenvalue weighted by Gasteiger charge is 2.01. The van der Waals surface area contributed by atoms with Crippen molar-refractivity contribution in [3.8, 4) is 11.8 Å². The molecule has 4 nitrogen and oxygen atoms in total. The Bertz CT molecular complexity index is 529. The average molecular weight is 281 g/mol. The van der Waals surface area contributed by atoms with Gasteiger partial charge in [0.05, 0.1) is 6.26 Å². The second kappa shape index (κ2) is 7.95. The molecule has 0 amide bonds. The van der Waals surface area contributed by atoms with Crippen molar-refractivity contribution in [3.05, 3.63) is 35.9 Å². The zero-order chi connectivity index (χ0) is 14.1. The van der Waals surface area contributed by atoms with Gasteiger partial charge in [-0.15, -0.1) is 0 Å². The van der Waals surface area contributed by atoms with E-state index in [1.54, 1.807) is 0 Å². The minimum absolute atomic E-state index is 0.400. The number of hydrogen-bond donors (Lipinski definition) is 2. The average Bonchev–Trinajstić information content (AvgIpc) is 2.36. The van der Waals surface area contributed by atoms with Gasteiger partial charge in [0.1, 0.15) is 6.10 Å². The van der Waals surface area contributed by atoms with Gasteiger partial charge in [-0.3, -0.25) is 0 Å². The molecule has 104 valence electrons. The van der Waals surface area contributed by atoms with Gasteiger partial charge in [0.2, 0.25) is 10.0 Å². The van der Waals surface area contributed by atoms with E-state index in [-0.39, 0.29) is 0 Å². The molecule has 0 saturated carbocycles. The van der Waals surface area contributed by atoms with Crippen molar-refractivity contribution < 1.29 is 13.5 Å². The van der Waals surface area contributed by atoms with Crippen LogP contribution in [0, 0.1) is 11.8 Å². The monoisotopic (exact) mass is 281 g/mol. The lowest BCUT2D eigenvalue weighted by Crippen LogP contribution is -2.23. The van der Waals surface area contributed by atoms with E-state index in [0.717, 1.165) is 18.2 Å². The molecule has 1 aromatic rings. The van der Waals surface area contributed by atoms with E-state index in [4.69, 9.17) is 0 Å². The van der Waals surface area contributed by atoms with Gasteiger partial charge >= 0.3 is 0 Å². The van der Waals surface area contributed by atoms with Crippen LogP contribution in [0.4, 0.5) is 0 Å². The minimum atomic E-state index is -3.11. The van der Waals surface area contributed by atoms with Crippen molar-refractivity contribution >= 4 is 10.0 Å². The summed E-state index contributed by atoms with van der Waals surface area (Å²) >= 11 is 0. The Morgan fingerprint density at radius 2 is 1.95 bits per heavy atom. The van der Waals surface area contributed by atoms with Gasteiger partial charge in [-0.1, -0.05) is 30.0 Å². The first kappa shape index (κ1) is 15.7. The summed E-state index contributed by atoms with van der Waals surface area (Å²) < 4.78 is 24.0. The van der Waals surface area contributed by atoms with Crippen molar-refractivity contribution in [2.24, 2.45) is 0 Å². The van der Waals surface area contributed by atoms with Gasteiger partial charge in [0.15, 0.2) is 0 Å². The van der Waals surface area contributed by atoms with Crippen LogP contribution in [-0.4, -0.2) is 32.4 Å². The number of benzene rings is 1. The molecular formula is C14H19NO3S. The summed E-state index contributed by atoms with van der Waals surface area (Å²) in [4.78, 5) is 0. The molecule has 0 fully saturated rings. The van der Waals surface area contributed by atoms with E-state index in [9.17, 15) is 13.5 Å². The van der Waals surface area contributed by atoms with Crippen LogP contribution in [0.2, 0.25) is 0 Å². The molecule has 0 aromatic heterocycles. The van der Waals surface area contributed by atoms with Crippen LogP contribution in [0.1, 0.15) is 24.8 Å². The Hall–Kier alpha value is -1.35. The Kier molecular flexibility index (Phi) is 6.57. The molecule has 0 heterocycles. The van der Waals surface area contributed by atoms with Gasteiger partial charge in [0, 0.05) is 12.1 Å². The number of aliphatic hydroxyl groups is 1. The third-order valence-corrected chi connectivity index (χ3v) is 3.15. The third-order valence-electron chi connectivity index (χ3n) is 2.43. The van der Waals surface area contributed by atoms with Crippen molar-refractivity contribution in [2.45, 2.75) is 25.4 Å². The molecule has 0 aliphatic heterocycles. The number of aliphatic hydroxyl groups excluding tert-OH is 1. The van der Waals surface area contributed by atoms with Crippen molar-refractivity contribution in [1.82, 2.24) is 4.72 Å². The van der Waals surface area contributed by atoms with Gasteiger partial charge in [-0.25, -0.2) is 13.1 Å². The lowest BCUT2D eigenvalue weighted by molar-refractivity contribution is 0.218. The van der Waals surface area contributed by atoms with Crippen molar-refractivity contribution in [1.29, 1.82) is 0 Å². The summed E-state index contributed by atoms with van der Waals surface area (Å²) in [5, 5.41) is 9.66. The molecule has 0 aliphatic carbocycles. The van der Waals surface area contributed by atoms with Crippen LogP contribution < -0.4 is 4.72 Å². The normalized spacial score (nSPS) is 12.5. The highest BCUT2D eigenvalue weighted by molar-refractivity contribution is 7.88. The number of hydrogen-bond acceptors (Lipinski definition) is 3. The molecule has 5 heteroatoms. The second-order valence-corrected chi connectivity index (χ2v) is 6.15. The summed E-state index contributed by atoms with van der Waals surface area (Å²) in [6.07, 6.45) is 2.43. The summed E-state index contributed by atoms with van der Waals surface area (Å²) in [5.41, 5.74) is 0.875. The lowest BCUT2D eigenvalue weighted by Gasteiger charge is -2.04. The third kappa shape index (κ3) is 8.38. The molecule has 1 atom stereocenters. The van der Waals surface area contributed by atoms with E-state index < -0.39 is 16.1 Å². The quantitative estimate of drug-likeness (QED) is 0.606. The molecule has 0 radical (unpaired) electrons. The van der Waals surface area contributed by atoms with Crippen LogP contribution in [0.5, 0.6) is 0 Å². The van der Waals surface area contributed by atoms with Crippen LogP contribution >= 0.6 is 0 Å². The molecule has 0 saturated heterocycles. The first-order chi connectivity index (χ1) is 8.97. The fourth-order valence-electron chi connectivity index (χ4n) is 1.48. The predicted molar refractivity (Wildman–Crippen MR) is 76.0 cm³/mol. The van der Waals surface area contributed by atoms with Gasteiger partial charge in [-0.05, 0) is 31.4 Å². The highest BCUT2D eigenvalue weighted by atomic mass is 32.2.